The monoisotopic (exact) mass is 324 g/mol. The minimum atomic E-state index is -0.442. The molecule has 0 atom stereocenters. The van der Waals surface area contributed by atoms with Gasteiger partial charge in [-0.05, 0) is 48.5 Å². The van der Waals surface area contributed by atoms with Crippen LogP contribution in [-0.2, 0) is 4.79 Å². The highest BCUT2D eigenvalue weighted by molar-refractivity contribution is 5.69. The molecule has 0 radical (unpaired) electrons. The smallest absolute Gasteiger partial charge is 0.309 e. The zero-order valence-electron chi connectivity index (χ0n) is 12.8. The maximum absolute atomic E-state index is 12.9. The van der Waals surface area contributed by atoms with Gasteiger partial charge in [0, 0.05) is 24.8 Å². The standard InChI is InChI=1S/C18H13FN2O3/c1-12(22)23-17-10-11-20-18(21-17)13-2-6-15(7-3-13)24-16-8-4-14(19)5-9-16/h2-11H,1H3. The van der Waals surface area contributed by atoms with Crippen molar-refractivity contribution in [3.8, 4) is 28.8 Å². The number of hydrogen-bond acceptors (Lipinski definition) is 5. The Morgan fingerprint density at radius 3 is 2.21 bits per heavy atom. The summed E-state index contributed by atoms with van der Waals surface area (Å²) >= 11 is 0. The maximum atomic E-state index is 12.9. The number of rotatable bonds is 4. The van der Waals surface area contributed by atoms with Crippen molar-refractivity contribution in [2.24, 2.45) is 0 Å². The number of halogens is 1. The molecule has 0 N–H and O–H groups in total. The highest BCUT2D eigenvalue weighted by Crippen LogP contribution is 2.25. The number of benzene rings is 2. The van der Waals surface area contributed by atoms with Crippen LogP contribution in [0.1, 0.15) is 6.92 Å². The molecule has 24 heavy (non-hydrogen) atoms. The molecule has 1 heterocycles. The molecule has 3 rings (SSSR count). The van der Waals surface area contributed by atoms with Gasteiger partial charge in [-0.25, -0.2) is 9.37 Å². The number of ether oxygens (including phenoxy) is 2. The number of nitrogens with zero attached hydrogens (tertiary/aromatic N) is 2. The van der Waals surface area contributed by atoms with E-state index < -0.39 is 5.97 Å². The lowest BCUT2D eigenvalue weighted by molar-refractivity contribution is -0.132. The van der Waals surface area contributed by atoms with Crippen LogP contribution in [-0.4, -0.2) is 15.9 Å². The molecule has 0 aliphatic rings. The summed E-state index contributed by atoms with van der Waals surface area (Å²) in [7, 11) is 0. The first-order chi connectivity index (χ1) is 11.6. The molecule has 0 aliphatic carbocycles. The van der Waals surface area contributed by atoms with Crippen LogP contribution in [0.4, 0.5) is 4.39 Å². The summed E-state index contributed by atoms with van der Waals surface area (Å²) in [6, 6.07) is 14.3. The average Bonchev–Trinajstić information content (AvgIpc) is 2.57. The molecule has 0 unspecified atom stereocenters. The van der Waals surface area contributed by atoms with Crippen LogP contribution in [0.2, 0.25) is 0 Å². The van der Waals surface area contributed by atoms with Crippen LogP contribution in [0, 0.1) is 5.82 Å². The van der Waals surface area contributed by atoms with Crippen molar-refractivity contribution in [2.45, 2.75) is 6.92 Å². The Labute approximate surface area is 137 Å². The summed E-state index contributed by atoms with van der Waals surface area (Å²) in [5.74, 6) is 1.00. The summed E-state index contributed by atoms with van der Waals surface area (Å²) in [5.41, 5.74) is 0.746. The van der Waals surface area contributed by atoms with Crippen LogP contribution in [0.3, 0.4) is 0 Å². The van der Waals surface area contributed by atoms with Crippen LogP contribution >= 0.6 is 0 Å². The van der Waals surface area contributed by atoms with E-state index in [0.717, 1.165) is 5.56 Å². The average molecular weight is 324 g/mol. The lowest BCUT2D eigenvalue weighted by Crippen LogP contribution is -2.03. The van der Waals surface area contributed by atoms with Crippen LogP contribution in [0.15, 0.2) is 60.8 Å². The van der Waals surface area contributed by atoms with Gasteiger partial charge in [-0.15, -0.1) is 0 Å². The number of carbonyl (C=O) groups is 1. The highest BCUT2D eigenvalue weighted by atomic mass is 19.1. The SMILES string of the molecule is CC(=O)Oc1ccnc(-c2ccc(Oc3ccc(F)cc3)cc2)n1. The summed E-state index contributed by atoms with van der Waals surface area (Å²) in [6.45, 7) is 1.31. The second-order valence-electron chi connectivity index (χ2n) is 4.89. The van der Waals surface area contributed by atoms with E-state index in [2.05, 4.69) is 9.97 Å². The summed E-state index contributed by atoms with van der Waals surface area (Å²) in [5, 5.41) is 0. The summed E-state index contributed by atoms with van der Waals surface area (Å²) < 4.78 is 23.4. The molecule has 0 saturated carbocycles. The Kier molecular flexibility index (Phi) is 4.47. The molecular formula is C18H13FN2O3. The predicted octanol–water partition coefficient (Wildman–Crippen LogP) is 4.00. The van der Waals surface area contributed by atoms with Crippen molar-refractivity contribution in [3.63, 3.8) is 0 Å². The molecule has 0 fully saturated rings. The van der Waals surface area contributed by atoms with Crippen molar-refractivity contribution in [1.29, 1.82) is 0 Å². The third-order valence-corrected chi connectivity index (χ3v) is 3.04. The van der Waals surface area contributed by atoms with Crippen LogP contribution in [0.25, 0.3) is 11.4 Å². The van der Waals surface area contributed by atoms with Gasteiger partial charge in [0.25, 0.3) is 0 Å². The molecule has 120 valence electrons. The number of aromatic nitrogens is 2. The Bertz CT molecular complexity index is 849. The molecule has 0 spiro atoms. The van der Waals surface area contributed by atoms with Crippen molar-refractivity contribution in [1.82, 2.24) is 9.97 Å². The molecule has 0 aliphatic heterocycles. The Morgan fingerprint density at radius 2 is 1.58 bits per heavy atom. The highest BCUT2D eigenvalue weighted by Gasteiger charge is 2.06. The van der Waals surface area contributed by atoms with E-state index in [1.165, 1.54) is 31.3 Å². The summed E-state index contributed by atoms with van der Waals surface area (Å²) in [4.78, 5) is 19.3. The van der Waals surface area contributed by atoms with Gasteiger partial charge in [-0.1, -0.05) is 0 Å². The van der Waals surface area contributed by atoms with E-state index in [4.69, 9.17) is 9.47 Å². The van der Waals surface area contributed by atoms with Crippen LogP contribution < -0.4 is 9.47 Å². The summed E-state index contributed by atoms with van der Waals surface area (Å²) in [6.07, 6.45) is 1.52. The second kappa shape index (κ2) is 6.87. The normalized spacial score (nSPS) is 10.2. The fraction of sp³-hybridized carbons (Fsp3) is 0.0556. The zero-order valence-corrected chi connectivity index (χ0v) is 12.8. The van der Waals surface area contributed by atoms with Gasteiger partial charge < -0.3 is 9.47 Å². The minimum absolute atomic E-state index is 0.194. The third-order valence-electron chi connectivity index (χ3n) is 3.04. The van der Waals surface area contributed by atoms with Crippen LogP contribution in [0.5, 0.6) is 17.4 Å². The van der Waals surface area contributed by atoms with E-state index >= 15 is 0 Å². The predicted molar refractivity (Wildman–Crippen MR) is 85.3 cm³/mol. The van der Waals surface area contributed by atoms with Crippen molar-refractivity contribution < 1.29 is 18.7 Å². The van der Waals surface area contributed by atoms with Gasteiger partial charge >= 0.3 is 5.97 Å². The minimum Gasteiger partial charge on any atom is -0.457 e. The van der Waals surface area contributed by atoms with Gasteiger partial charge in [-0.2, -0.15) is 4.98 Å². The first kappa shape index (κ1) is 15.6. The van der Waals surface area contributed by atoms with E-state index in [9.17, 15) is 9.18 Å². The third kappa shape index (κ3) is 3.92. The molecule has 1 aromatic heterocycles. The largest absolute Gasteiger partial charge is 0.457 e. The first-order valence-electron chi connectivity index (χ1n) is 7.15. The number of carbonyl (C=O) groups excluding carboxylic acids is 1. The Hall–Kier alpha value is -3.28. The molecule has 2 aromatic carbocycles. The lowest BCUT2D eigenvalue weighted by Gasteiger charge is -2.07. The topological polar surface area (TPSA) is 61.3 Å². The van der Waals surface area contributed by atoms with Gasteiger partial charge in [0.2, 0.25) is 5.88 Å². The van der Waals surface area contributed by atoms with E-state index in [1.54, 1.807) is 36.4 Å². The fourth-order valence-electron chi connectivity index (χ4n) is 2.00. The fourth-order valence-corrected chi connectivity index (χ4v) is 2.00. The molecule has 3 aromatic rings. The lowest BCUT2D eigenvalue weighted by atomic mass is 10.2. The first-order valence-corrected chi connectivity index (χ1v) is 7.15. The molecule has 6 heteroatoms. The number of esters is 1. The van der Waals surface area contributed by atoms with E-state index in [0.29, 0.717) is 17.3 Å². The van der Waals surface area contributed by atoms with Crippen molar-refractivity contribution in [2.75, 3.05) is 0 Å². The van der Waals surface area contributed by atoms with Crippen molar-refractivity contribution in [3.05, 3.63) is 66.6 Å². The molecule has 0 amide bonds. The molecule has 0 bridgehead atoms. The maximum Gasteiger partial charge on any atom is 0.309 e. The van der Waals surface area contributed by atoms with Gasteiger partial charge in [0.1, 0.15) is 17.3 Å². The molecular weight excluding hydrogens is 311 g/mol. The van der Waals surface area contributed by atoms with E-state index in [-0.39, 0.29) is 11.7 Å². The van der Waals surface area contributed by atoms with Gasteiger partial charge in [0.15, 0.2) is 5.82 Å². The molecule has 5 nitrogen and oxygen atoms in total. The molecule has 0 saturated heterocycles. The zero-order chi connectivity index (χ0) is 16.9. The van der Waals surface area contributed by atoms with E-state index in [1.807, 2.05) is 0 Å². The van der Waals surface area contributed by atoms with Crippen molar-refractivity contribution >= 4 is 5.97 Å². The van der Waals surface area contributed by atoms with Gasteiger partial charge in [-0.3, -0.25) is 4.79 Å². The second-order valence-corrected chi connectivity index (χ2v) is 4.89. The Morgan fingerprint density at radius 1 is 0.958 bits per heavy atom. The Balaban J connectivity index is 1.76. The quantitative estimate of drug-likeness (QED) is 0.679. The number of hydrogen-bond donors (Lipinski definition) is 0. The van der Waals surface area contributed by atoms with Gasteiger partial charge in [0.05, 0.1) is 0 Å².